The Kier molecular flexibility index (Phi) is 3.39. The lowest BCUT2D eigenvalue weighted by Gasteiger charge is -2.03. The van der Waals surface area contributed by atoms with E-state index < -0.39 is 16.4 Å². The molecule has 0 saturated heterocycles. The lowest BCUT2D eigenvalue weighted by Crippen LogP contribution is -2.01. The van der Waals surface area contributed by atoms with Gasteiger partial charge in [-0.2, -0.15) is 4.39 Å². The van der Waals surface area contributed by atoms with Gasteiger partial charge in [0.1, 0.15) is 0 Å². The standard InChI is InChI=1S/C9H11FN2O2/c1-2-5-11-7-3-4-8(10)9(6-7)12(13)14/h3-4,6,11H,2,5H2,1H3. The van der Waals surface area contributed by atoms with E-state index in [9.17, 15) is 14.5 Å². The number of nitro benzene ring substituents is 1. The molecule has 0 atom stereocenters. The Morgan fingerprint density at radius 3 is 2.86 bits per heavy atom. The molecule has 0 spiro atoms. The normalized spacial score (nSPS) is 9.86. The summed E-state index contributed by atoms with van der Waals surface area (Å²) < 4.78 is 12.9. The van der Waals surface area contributed by atoms with Gasteiger partial charge in [-0.3, -0.25) is 10.1 Å². The maximum atomic E-state index is 12.9. The molecule has 0 bridgehead atoms. The number of benzene rings is 1. The Morgan fingerprint density at radius 2 is 2.29 bits per heavy atom. The van der Waals surface area contributed by atoms with E-state index in [2.05, 4.69) is 5.32 Å². The molecule has 5 heteroatoms. The average Bonchev–Trinajstić information content (AvgIpc) is 2.16. The molecule has 0 radical (unpaired) electrons. The SMILES string of the molecule is CCCNc1ccc(F)c([N+](=O)[O-])c1. The van der Waals surface area contributed by atoms with Gasteiger partial charge in [0, 0.05) is 18.3 Å². The topological polar surface area (TPSA) is 55.2 Å². The number of hydrogen-bond acceptors (Lipinski definition) is 3. The Hall–Kier alpha value is -1.65. The van der Waals surface area contributed by atoms with Crippen LogP contribution in [0.2, 0.25) is 0 Å². The van der Waals surface area contributed by atoms with Crippen LogP contribution in [0.3, 0.4) is 0 Å². The van der Waals surface area contributed by atoms with Crippen molar-refractivity contribution >= 4 is 11.4 Å². The molecule has 0 aliphatic rings. The number of rotatable bonds is 4. The van der Waals surface area contributed by atoms with E-state index in [0.29, 0.717) is 12.2 Å². The van der Waals surface area contributed by atoms with Gasteiger partial charge in [0.05, 0.1) is 4.92 Å². The molecular formula is C9H11FN2O2. The van der Waals surface area contributed by atoms with Crippen molar-refractivity contribution in [2.75, 3.05) is 11.9 Å². The molecule has 0 aromatic heterocycles. The van der Waals surface area contributed by atoms with Crippen molar-refractivity contribution < 1.29 is 9.31 Å². The molecule has 76 valence electrons. The summed E-state index contributed by atoms with van der Waals surface area (Å²) in [5.74, 6) is -0.808. The third kappa shape index (κ3) is 2.42. The smallest absolute Gasteiger partial charge is 0.306 e. The first kappa shape index (κ1) is 10.4. The zero-order valence-corrected chi connectivity index (χ0v) is 7.79. The van der Waals surface area contributed by atoms with Crippen LogP contribution in [0.5, 0.6) is 0 Å². The molecule has 4 nitrogen and oxygen atoms in total. The monoisotopic (exact) mass is 198 g/mol. The summed E-state index contributed by atoms with van der Waals surface area (Å²) in [7, 11) is 0. The van der Waals surface area contributed by atoms with Crippen LogP contribution in [0.25, 0.3) is 0 Å². The van der Waals surface area contributed by atoms with Crippen molar-refractivity contribution in [1.29, 1.82) is 0 Å². The molecule has 0 amide bonds. The van der Waals surface area contributed by atoms with Crippen LogP contribution in [0.1, 0.15) is 13.3 Å². The van der Waals surface area contributed by atoms with Crippen molar-refractivity contribution in [3.05, 3.63) is 34.1 Å². The summed E-state index contributed by atoms with van der Waals surface area (Å²) in [4.78, 5) is 9.66. The van der Waals surface area contributed by atoms with Gasteiger partial charge in [-0.05, 0) is 18.6 Å². The fourth-order valence-corrected chi connectivity index (χ4v) is 1.03. The van der Waals surface area contributed by atoms with Gasteiger partial charge >= 0.3 is 5.69 Å². The Bertz CT molecular complexity index is 342. The highest BCUT2D eigenvalue weighted by Gasteiger charge is 2.13. The highest BCUT2D eigenvalue weighted by atomic mass is 19.1. The van der Waals surface area contributed by atoms with Crippen molar-refractivity contribution in [3.63, 3.8) is 0 Å². The molecule has 0 heterocycles. The predicted molar refractivity (Wildman–Crippen MR) is 51.8 cm³/mol. The zero-order chi connectivity index (χ0) is 10.6. The summed E-state index contributed by atoms with van der Waals surface area (Å²) in [6.07, 6.45) is 0.908. The van der Waals surface area contributed by atoms with E-state index in [-0.39, 0.29) is 0 Å². The Balaban J connectivity index is 2.89. The van der Waals surface area contributed by atoms with E-state index in [1.54, 1.807) is 0 Å². The van der Waals surface area contributed by atoms with Crippen LogP contribution in [0.15, 0.2) is 18.2 Å². The molecule has 0 aliphatic carbocycles. The van der Waals surface area contributed by atoms with Crippen LogP contribution >= 0.6 is 0 Å². The number of halogens is 1. The summed E-state index contributed by atoms with van der Waals surface area (Å²) in [5, 5.41) is 13.3. The molecule has 0 fully saturated rings. The van der Waals surface area contributed by atoms with Crippen LogP contribution in [-0.4, -0.2) is 11.5 Å². The number of anilines is 1. The molecule has 1 aromatic rings. The largest absolute Gasteiger partial charge is 0.385 e. The van der Waals surface area contributed by atoms with Crippen molar-refractivity contribution in [3.8, 4) is 0 Å². The lowest BCUT2D eigenvalue weighted by atomic mass is 10.2. The first-order valence-electron chi connectivity index (χ1n) is 4.33. The fraction of sp³-hybridized carbons (Fsp3) is 0.333. The summed E-state index contributed by atoms with van der Waals surface area (Å²) in [6, 6.07) is 3.78. The Labute approximate surface area is 80.9 Å². The van der Waals surface area contributed by atoms with E-state index in [1.165, 1.54) is 12.1 Å². The second kappa shape index (κ2) is 4.55. The minimum Gasteiger partial charge on any atom is -0.385 e. The maximum Gasteiger partial charge on any atom is 0.306 e. The number of nitro groups is 1. The predicted octanol–water partition coefficient (Wildman–Crippen LogP) is 2.56. The molecular weight excluding hydrogens is 187 g/mol. The van der Waals surface area contributed by atoms with Gasteiger partial charge in [-0.1, -0.05) is 6.92 Å². The van der Waals surface area contributed by atoms with Gasteiger partial charge in [0.2, 0.25) is 5.82 Å². The van der Waals surface area contributed by atoms with E-state index in [4.69, 9.17) is 0 Å². The quantitative estimate of drug-likeness (QED) is 0.597. The zero-order valence-electron chi connectivity index (χ0n) is 7.79. The fourth-order valence-electron chi connectivity index (χ4n) is 1.03. The number of nitrogens with zero attached hydrogens (tertiary/aromatic N) is 1. The van der Waals surface area contributed by atoms with Gasteiger partial charge in [0.15, 0.2) is 0 Å². The number of hydrogen-bond donors (Lipinski definition) is 1. The van der Waals surface area contributed by atoms with Gasteiger partial charge in [0.25, 0.3) is 0 Å². The molecule has 0 aliphatic heterocycles. The van der Waals surface area contributed by atoms with E-state index in [0.717, 1.165) is 12.5 Å². The van der Waals surface area contributed by atoms with Crippen molar-refractivity contribution in [2.45, 2.75) is 13.3 Å². The van der Waals surface area contributed by atoms with Gasteiger partial charge in [-0.25, -0.2) is 0 Å². The minimum absolute atomic E-state index is 0.494. The molecule has 0 unspecified atom stereocenters. The highest BCUT2D eigenvalue weighted by molar-refractivity contribution is 5.51. The summed E-state index contributed by atoms with van der Waals surface area (Å²) in [6.45, 7) is 2.69. The molecule has 14 heavy (non-hydrogen) atoms. The molecule has 1 N–H and O–H groups in total. The van der Waals surface area contributed by atoms with Gasteiger partial charge < -0.3 is 5.32 Å². The first-order chi connectivity index (χ1) is 6.65. The lowest BCUT2D eigenvalue weighted by molar-refractivity contribution is -0.387. The third-order valence-corrected chi connectivity index (χ3v) is 1.72. The van der Waals surface area contributed by atoms with Crippen LogP contribution < -0.4 is 5.32 Å². The minimum atomic E-state index is -0.808. The second-order valence-electron chi connectivity index (χ2n) is 2.85. The van der Waals surface area contributed by atoms with Crippen LogP contribution in [0, 0.1) is 15.9 Å². The van der Waals surface area contributed by atoms with Crippen LogP contribution in [-0.2, 0) is 0 Å². The van der Waals surface area contributed by atoms with E-state index >= 15 is 0 Å². The average molecular weight is 198 g/mol. The molecule has 1 rings (SSSR count). The van der Waals surface area contributed by atoms with Crippen molar-refractivity contribution in [2.24, 2.45) is 0 Å². The van der Waals surface area contributed by atoms with Crippen molar-refractivity contribution in [1.82, 2.24) is 0 Å². The molecule has 0 saturated carbocycles. The summed E-state index contributed by atoms with van der Waals surface area (Å²) in [5.41, 5.74) is 0.0750. The first-order valence-corrected chi connectivity index (χ1v) is 4.33. The third-order valence-electron chi connectivity index (χ3n) is 1.72. The second-order valence-corrected chi connectivity index (χ2v) is 2.85. The maximum absolute atomic E-state index is 12.9. The molecule has 1 aromatic carbocycles. The number of nitrogens with one attached hydrogen (secondary N) is 1. The summed E-state index contributed by atoms with van der Waals surface area (Å²) >= 11 is 0. The van der Waals surface area contributed by atoms with Gasteiger partial charge in [-0.15, -0.1) is 0 Å². The highest BCUT2D eigenvalue weighted by Crippen LogP contribution is 2.21. The van der Waals surface area contributed by atoms with E-state index in [1.807, 2.05) is 6.92 Å². The van der Waals surface area contributed by atoms with Crippen LogP contribution in [0.4, 0.5) is 15.8 Å². The Morgan fingerprint density at radius 1 is 1.57 bits per heavy atom.